The molecule has 0 amide bonds. The van der Waals surface area contributed by atoms with Crippen molar-refractivity contribution < 1.29 is 0 Å². The molecule has 0 aromatic carbocycles. The SMILES string of the molecule is C=NN(C)CCN(C)N=C. The van der Waals surface area contributed by atoms with E-state index in [4.69, 9.17) is 0 Å². The minimum atomic E-state index is 0.818. The van der Waals surface area contributed by atoms with E-state index < -0.39 is 0 Å². The summed E-state index contributed by atoms with van der Waals surface area (Å²) in [7, 11) is 3.73. The van der Waals surface area contributed by atoms with Gasteiger partial charge in [-0.2, -0.15) is 10.2 Å². The summed E-state index contributed by atoms with van der Waals surface area (Å²) in [5.74, 6) is 0. The number of hydrogen-bond donors (Lipinski definition) is 0. The van der Waals surface area contributed by atoms with Crippen LogP contribution in [0.15, 0.2) is 10.2 Å². The van der Waals surface area contributed by atoms with Gasteiger partial charge >= 0.3 is 0 Å². The summed E-state index contributed by atoms with van der Waals surface area (Å²) in [4.78, 5) is 0. The van der Waals surface area contributed by atoms with Gasteiger partial charge in [0, 0.05) is 27.5 Å². The minimum absolute atomic E-state index is 0.818. The average molecular weight is 142 g/mol. The van der Waals surface area contributed by atoms with Gasteiger partial charge in [-0.15, -0.1) is 0 Å². The summed E-state index contributed by atoms with van der Waals surface area (Å²) in [5.41, 5.74) is 0. The van der Waals surface area contributed by atoms with Gasteiger partial charge in [0.2, 0.25) is 0 Å². The van der Waals surface area contributed by atoms with Crippen LogP contribution in [0, 0.1) is 0 Å². The van der Waals surface area contributed by atoms with Crippen LogP contribution in [0.3, 0.4) is 0 Å². The molecule has 0 aliphatic heterocycles. The van der Waals surface area contributed by atoms with Crippen molar-refractivity contribution >= 4 is 13.4 Å². The van der Waals surface area contributed by atoms with Gasteiger partial charge in [-0.1, -0.05) is 0 Å². The van der Waals surface area contributed by atoms with E-state index in [-0.39, 0.29) is 0 Å². The van der Waals surface area contributed by atoms with E-state index in [9.17, 15) is 0 Å². The lowest BCUT2D eigenvalue weighted by atomic mass is 10.6. The molecule has 0 unspecified atom stereocenters. The van der Waals surface area contributed by atoms with Crippen molar-refractivity contribution in [3.05, 3.63) is 0 Å². The molecular formula is C6H14N4. The molecule has 0 rings (SSSR count). The number of hydrogen-bond acceptors (Lipinski definition) is 4. The molecule has 0 aromatic heterocycles. The highest BCUT2D eigenvalue weighted by molar-refractivity contribution is 5.22. The molecule has 0 heterocycles. The van der Waals surface area contributed by atoms with Crippen molar-refractivity contribution in [1.82, 2.24) is 10.0 Å². The molecule has 0 spiro atoms. The van der Waals surface area contributed by atoms with Crippen LogP contribution in [0.5, 0.6) is 0 Å². The van der Waals surface area contributed by atoms with Crippen molar-refractivity contribution in [3.8, 4) is 0 Å². The van der Waals surface area contributed by atoms with Gasteiger partial charge in [-0.25, -0.2) is 0 Å². The number of rotatable bonds is 5. The maximum atomic E-state index is 3.69. The zero-order valence-electron chi connectivity index (χ0n) is 6.62. The maximum absolute atomic E-state index is 3.69. The molecular weight excluding hydrogens is 128 g/mol. The Morgan fingerprint density at radius 2 is 1.30 bits per heavy atom. The Hall–Kier alpha value is -1.06. The topological polar surface area (TPSA) is 31.2 Å². The smallest absolute Gasteiger partial charge is 0.0549 e. The fraction of sp³-hybridized carbons (Fsp3) is 0.667. The third-order valence-corrected chi connectivity index (χ3v) is 1.23. The Bertz CT molecular complexity index is 98.3. The average Bonchev–Trinajstić information content (AvgIpc) is 1.99. The van der Waals surface area contributed by atoms with Crippen molar-refractivity contribution in [2.75, 3.05) is 27.2 Å². The predicted molar refractivity (Wildman–Crippen MR) is 44.4 cm³/mol. The molecule has 0 saturated heterocycles. The normalized spacial score (nSPS) is 8.60. The molecule has 0 fully saturated rings. The predicted octanol–water partition coefficient (Wildman–Crippen LogP) is 0.0812. The van der Waals surface area contributed by atoms with Gasteiger partial charge in [-0.05, 0) is 0 Å². The first kappa shape index (κ1) is 8.94. The highest BCUT2D eigenvalue weighted by atomic mass is 15.5. The van der Waals surface area contributed by atoms with Gasteiger partial charge in [-0.3, -0.25) is 10.0 Å². The van der Waals surface area contributed by atoms with Gasteiger partial charge in [0.15, 0.2) is 0 Å². The largest absolute Gasteiger partial charge is 0.299 e. The molecule has 0 aliphatic carbocycles. The lowest BCUT2D eigenvalue weighted by Crippen LogP contribution is -2.24. The Kier molecular flexibility index (Phi) is 4.28. The van der Waals surface area contributed by atoms with Crippen LogP contribution >= 0.6 is 0 Å². The molecule has 0 saturated carbocycles. The van der Waals surface area contributed by atoms with E-state index in [1.165, 1.54) is 0 Å². The minimum Gasteiger partial charge on any atom is -0.299 e. The van der Waals surface area contributed by atoms with Crippen molar-refractivity contribution in [2.45, 2.75) is 0 Å². The summed E-state index contributed by atoms with van der Waals surface area (Å²) in [6.07, 6.45) is 0. The molecule has 10 heavy (non-hydrogen) atoms. The molecule has 0 N–H and O–H groups in total. The third-order valence-electron chi connectivity index (χ3n) is 1.23. The lowest BCUT2D eigenvalue weighted by molar-refractivity contribution is 0.274. The highest BCUT2D eigenvalue weighted by Crippen LogP contribution is 1.84. The standard InChI is InChI=1S/C6H14N4/c1-7-9(3)5-6-10(4)8-2/h1-2,5-6H2,3-4H3. The summed E-state index contributed by atoms with van der Waals surface area (Å²) in [6.45, 7) is 8.39. The van der Waals surface area contributed by atoms with Crippen LogP contribution < -0.4 is 0 Å². The van der Waals surface area contributed by atoms with Crippen molar-refractivity contribution in [1.29, 1.82) is 0 Å². The molecule has 0 aliphatic rings. The second-order valence-electron chi connectivity index (χ2n) is 2.05. The second-order valence-corrected chi connectivity index (χ2v) is 2.05. The molecule has 4 nitrogen and oxygen atoms in total. The van der Waals surface area contributed by atoms with E-state index in [1.807, 2.05) is 14.1 Å². The fourth-order valence-electron chi connectivity index (χ4n) is 0.431. The van der Waals surface area contributed by atoms with E-state index >= 15 is 0 Å². The summed E-state index contributed by atoms with van der Waals surface area (Å²) in [5, 5.41) is 10.9. The summed E-state index contributed by atoms with van der Waals surface area (Å²) < 4.78 is 0. The second kappa shape index (κ2) is 4.78. The van der Waals surface area contributed by atoms with Crippen molar-refractivity contribution in [2.24, 2.45) is 10.2 Å². The zero-order valence-corrected chi connectivity index (χ0v) is 6.62. The van der Waals surface area contributed by atoms with Gasteiger partial charge in [0.25, 0.3) is 0 Å². The maximum Gasteiger partial charge on any atom is 0.0549 e. The summed E-state index contributed by atoms with van der Waals surface area (Å²) >= 11 is 0. The van der Waals surface area contributed by atoms with E-state index in [0.717, 1.165) is 13.1 Å². The third kappa shape index (κ3) is 3.88. The van der Waals surface area contributed by atoms with Crippen molar-refractivity contribution in [3.63, 3.8) is 0 Å². The lowest BCUT2D eigenvalue weighted by Gasteiger charge is -2.16. The summed E-state index contributed by atoms with van der Waals surface area (Å²) in [6, 6.07) is 0. The molecule has 0 aromatic rings. The Morgan fingerprint density at radius 1 is 1.00 bits per heavy atom. The Labute approximate surface area is 61.8 Å². The molecule has 4 heteroatoms. The van der Waals surface area contributed by atoms with Gasteiger partial charge in [0.1, 0.15) is 0 Å². The zero-order chi connectivity index (χ0) is 7.98. The fourth-order valence-corrected chi connectivity index (χ4v) is 0.431. The molecule has 0 atom stereocenters. The molecule has 0 bridgehead atoms. The van der Waals surface area contributed by atoms with E-state index in [2.05, 4.69) is 23.6 Å². The number of hydrazone groups is 2. The first-order valence-electron chi connectivity index (χ1n) is 3.06. The van der Waals surface area contributed by atoms with E-state index in [0.29, 0.717) is 0 Å². The van der Waals surface area contributed by atoms with Crippen LogP contribution in [-0.2, 0) is 0 Å². The first-order chi connectivity index (χ1) is 4.70. The van der Waals surface area contributed by atoms with Crippen LogP contribution in [-0.4, -0.2) is 50.6 Å². The van der Waals surface area contributed by atoms with E-state index in [1.54, 1.807) is 10.0 Å². The van der Waals surface area contributed by atoms with Crippen LogP contribution in [0.2, 0.25) is 0 Å². The number of nitrogens with zero attached hydrogens (tertiary/aromatic N) is 4. The van der Waals surface area contributed by atoms with Crippen LogP contribution in [0.4, 0.5) is 0 Å². The van der Waals surface area contributed by atoms with Crippen LogP contribution in [0.1, 0.15) is 0 Å². The Balaban J connectivity index is 3.34. The highest BCUT2D eigenvalue weighted by Gasteiger charge is 1.93. The van der Waals surface area contributed by atoms with Crippen LogP contribution in [0.25, 0.3) is 0 Å². The quantitative estimate of drug-likeness (QED) is 0.402. The number of likely N-dealkylation sites (N-methyl/N-ethyl adjacent to an activating group) is 2. The Morgan fingerprint density at radius 3 is 1.50 bits per heavy atom. The van der Waals surface area contributed by atoms with Gasteiger partial charge in [0.05, 0.1) is 13.1 Å². The molecule has 58 valence electrons. The first-order valence-corrected chi connectivity index (χ1v) is 3.06. The molecule has 0 radical (unpaired) electrons. The van der Waals surface area contributed by atoms with Gasteiger partial charge < -0.3 is 0 Å². The monoisotopic (exact) mass is 142 g/mol.